The van der Waals surface area contributed by atoms with Gasteiger partial charge in [0.1, 0.15) is 12.4 Å². The fourth-order valence-corrected chi connectivity index (χ4v) is 2.26. The predicted molar refractivity (Wildman–Crippen MR) is 89.2 cm³/mol. The van der Waals surface area contributed by atoms with E-state index in [0.717, 1.165) is 30.8 Å². The second-order valence-electron chi connectivity index (χ2n) is 5.12. The summed E-state index contributed by atoms with van der Waals surface area (Å²) in [6, 6.07) is 14.3. The van der Waals surface area contributed by atoms with E-state index in [1.807, 2.05) is 25.1 Å². The summed E-state index contributed by atoms with van der Waals surface area (Å²) in [5.74, 6) is 0.846. The zero-order valence-electron chi connectivity index (χ0n) is 12.7. The first-order valence-electron chi connectivity index (χ1n) is 7.36. The van der Waals surface area contributed by atoms with Gasteiger partial charge in [0.15, 0.2) is 0 Å². The Kier molecular flexibility index (Phi) is 6.09. The first-order chi connectivity index (χ1) is 10.2. The van der Waals surface area contributed by atoms with Gasteiger partial charge in [-0.25, -0.2) is 0 Å². The molecule has 0 saturated heterocycles. The maximum atomic E-state index is 5.99. The third-order valence-electron chi connectivity index (χ3n) is 3.41. The van der Waals surface area contributed by atoms with Crippen LogP contribution in [0.4, 0.5) is 0 Å². The highest BCUT2D eigenvalue weighted by molar-refractivity contribution is 6.30. The Morgan fingerprint density at radius 1 is 1.05 bits per heavy atom. The maximum Gasteiger partial charge on any atom is 0.124 e. The number of rotatable bonds is 7. The molecule has 0 aliphatic carbocycles. The van der Waals surface area contributed by atoms with Crippen LogP contribution in [0.25, 0.3) is 0 Å². The average molecular weight is 304 g/mol. The summed E-state index contributed by atoms with van der Waals surface area (Å²) in [7, 11) is 0. The minimum Gasteiger partial charge on any atom is -0.489 e. The number of benzene rings is 2. The molecule has 2 nitrogen and oxygen atoms in total. The second kappa shape index (κ2) is 8.06. The van der Waals surface area contributed by atoms with Crippen molar-refractivity contribution < 1.29 is 4.74 Å². The summed E-state index contributed by atoms with van der Waals surface area (Å²) >= 11 is 5.99. The topological polar surface area (TPSA) is 21.3 Å². The summed E-state index contributed by atoms with van der Waals surface area (Å²) in [4.78, 5) is 0. The SMILES string of the molecule is CCNCCc1ccc(COc2cc(Cl)ccc2C)cc1. The van der Waals surface area contributed by atoms with Gasteiger partial charge in [-0.1, -0.05) is 48.9 Å². The summed E-state index contributed by atoms with van der Waals surface area (Å²) < 4.78 is 5.85. The van der Waals surface area contributed by atoms with E-state index in [1.54, 1.807) is 0 Å². The Balaban J connectivity index is 1.90. The largest absolute Gasteiger partial charge is 0.489 e. The Labute approximate surface area is 132 Å². The highest BCUT2D eigenvalue weighted by Gasteiger charge is 2.02. The third-order valence-corrected chi connectivity index (χ3v) is 3.64. The zero-order valence-corrected chi connectivity index (χ0v) is 13.4. The van der Waals surface area contributed by atoms with E-state index < -0.39 is 0 Å². The lowest BCUT2D eigenvalue weighted by molar-refractivity contribution is 0.304. The van der Waals surface area contributed by atoms with Gasteiger partial charge >= 0.3 is 0 Å². The molecular weight excluding hydrogens is 282 g/mol. The summed E-state index contributed by atoms with van der Waals surface area (Å²) in [6.45, 7) is 6.75. The highest BCUT2D eigenvalue weighted by Crippen LogP contribution is 2.23. The van der Waals surface area contributed by atoms with Crippen LogP contribution in [0.3, 0.4) is 0 Å². The molecule has 3 heteroatoms. The van der Waals surface area contributed by atoms with E-state index in [4.69, 9.17) is 16.3 Å². The molecule has 2 aromatic rings. The Morgan fingerprint density at radius 2 is 1.76 bits per heavy atom. The van der Waals surface area contributed by atoms with Crippen molar-refractivity contribution >= 4 is 11.6 Å². The number of ether oxygens (including phenoxy) is 1. The van der Waals surface area contributed by atoms with Gasteiger partial charge < -0.3 is 10.1 Å². The summed E-state index contributed by atoms with van der Waals surface area (Å²) in [5, 5.41) is 4.04. The van der Waals surface area contributed by atoms with Crippen LogP contribution < -0.4 is 10.1 Å². The zero-order chi connectivity index (χ0) is 15.1. The van der Waals surface area contributed by atoms with Crippen molar-refractivity contribution in [3.05, 3.63) is 64.2 Å². The van der Waals surface area contributed by atoms with Gasteiger partial charge in [-0.15, -0.1) is 0 Å². The van der Waals surface area contributed by atoms with Crippen molar-refractivity contribution in [1.82, 2.24) is 5.32 Å². The Bertz CT molecular complexity index is 566. The Hall–Kier alpha value is -1.51. The van der Waals surface area contributed by atoms with Crippen molar-refractivity contribution in [3.8, 4) is 5.75 Å². The number of hydrogen-bond acceptors (Lipinski definition) is 2. The minimum absolute atomic E-state index is 0.564. The van der Waals surface area contributed by atoms with Gasteiger partial charge in [0.25, 0.3) is 0 Å². The van der Waals surface area contributed by atoms with Crippen LogP contribution >= 0.6 is 11.6 Å². The lowest BCUT2D eigenvalue weighted by atomic mass is 10.1. The van der Waals surface area contributed by atoms with Gasteiger partial charge in [0.2, 0.25) is 0 Å². The molecule has 1 N–H and O–H groups in total. The van der Waals surface area contributed by atoms with Crippen molar-refractivity contribution in [1.29, 1.82) is 0 Å². The predicted octanol–water partition coefficient (Wildman–Crippen LogP) is 4.38. The van der Waals surface area contributed by atoms with Crippen LogP contribution in [0.15, 0.2) is 42.5 Å². The van der Waals surface area contributed by atoms with Gasteiger partial charge in [-0.05, 0) is 55.3 Å². The molecule has 0 aliphatic heterocycles. The van der Waals surface area contributed by atoms with E-state index in [0.29, 0.717) is 11.6 Å². The van der Waals surface area contributed by atoms with E-state index in [9.17, 15) is 0 Å². The molecule has 0 unspecified atom stereocenters. The molecular formula is C18H22ClNO. The molecule has 0 bridgehead atoms. The van der Waals surface area contributed by atoms with Crippen LogP contribution in [0.1, 0.15) is 23.6 Å². The molecule has 2 rings (SSSR count). The van der Waals surface area contributed by atoms with E-state index >= 15 is 0 Å². The fraction of sp³-hybridized carbons (Fsp3) is 0.333. The van der Waals surface area contributed by atoms with Crippen LogP contribution in [0, 0.1) is 6.92 Å². The molecule has 0 amide bonds. The second-order valence-corrected chi connectivity index (χ2v) is 5.55. The van der Waals surface area contributed by atoms with Crippen LogP contribution in [-0.4, -0.2) is 13.1 Å². The number of likely N-dealkylation sites (N-methyl/N-ethyl adjacent to an activating group) is 1. The molecule has 21 heavy (non-hydrogen) atoms. The van der Waals surface area contributed by atoms with Crippen molar-refractivity contribution in [3.63, 3.8) is 0 Å². The third kappa shape index (κ3) is 5.07. The first kappa shape index (κ1) is 15.9. The van der Waals surface area contributed by atoms with E-state index in [-0.39, 0.29) is 0 Å². The quantitative estimate of drug-likeness (QED) is 0.766. The normalized spacial score (nSPS) is 10.6. The fourth-order valence-electron chi connectivity index (χ4n) is 2.10. The lowest BCUT2D eigenvalue weighted by Crippen LogP contribution is -2.15. The molecule has 112 valence electrons. The molecule has 2 aromatic carbocycles. The van der Waals surface area contributed by atoms with E-state index in [2.05, 4.69) is 36.5 Å². The van der Waals surface area contributed by atoms with Crippen LogP contribution in [0.2, 0.25) is 5.02 Å². The standard InChI is InChI=1S/C18H22ClNO/c1-3-20-11-10-15-5-7-16(8-6-15)13-21-18-12-17(19)9-4-14(18)2/h4-9,12,20H,3,10-11,13H2,1-2H3. The summed E-state index contributed by atoms with van der Waals surface area (Å²) in [5.41, 5.74) is 3.61. The average Bonchev–Trinajstić information content (AvgIpc) is 2.50. The minimum atomic E-state index is 0.564. The van der Waals surface area contributed by atoms with E-state index in [1.165, 1.54) is 11.1 Å². The monoisotopic (exact) mass is 303 g/mol. The number of aryl methyl sites for hydroxylation is 1. The maximum absolute atomic E-state index is 5.99. The highest BCUT2D eigenvalue weighted by atomic mass is 35.5. The molecule has 0 spiro atoms. The molecule has 0 heterocycles. The van der Waals surface area contributed by atoms with Gasteiger partial charge in [-0.2, -0.15) is 0 Å². The molecule has 0 aromatic heterocycles. The van der Waals surface area contributed by atoms with Crippen molar-refractivity contribution in [2.24, 2.45) is 0 Å². The van der Waals surface area contributed by atoms with Gasteiger partial charge in [0, 0.05) is 5.02 Å². The van der Waals surface area contributed by atoms with Crippen molar-refractivity contribution in [2.75, 3.05) is 13.1 Å². The van der Waals surface area contributed by atoms with Crippen LogP contribution in [0.5, 0.6) is 5.75 Å². The number of hydrogen-bond donors (Lipinski definition) is 1. The van der Waals surface area contributed by atoms with Gasteiger partial charge in [0.05, 0.1) is 0 Å². The lowest BCUT2D eigenvalue weighted by Gasteiger charge is -2.10. The molecule has 0 saturated carbocycles. The summed E-state index contributed by atoms with van der Waals surface area (Å²) in [6.07, 6.45) is 1.06. The molecule has 0 radical (unpaired) electrons. The number of halogens is 1. The molecule has 0 fully saturated rings. The smallest absolute Gasteiger partial charge is 0.124 e. The molecule has 0 atom stereocenters. The van der Waals surface area contributed by atoms with Crippen LogP contribution in [-0.2, 0) is 13.0 Å². The van der Waals surface area contributed by atoms with Gasteiger partial charge in [-0.3, -0.25) is 0 Å². The van der Waals surface area contributed by atoms with Crippen molar-refractivity contribution in [2.45, 2.75) is 26.9 Å². The molecule has 0 aliphatic rings. The number of nitrogens with one attached hydrogen (secondary N) is 1. The Morgan fingerprint density at radius 3 is 2.48 bits per heavy atom. The first-order valence-corrected chi connectivity index (χ1v) is 7.74.